The van der Waals surface area contributed by atoms with E-state index < -0.39 is 0 Å². The Hall–Kier alpha value is -1.09. The highest BCUT2D eigenvalue weighted by Gasteiger charge is 2.17. The Bertz CT molecular complexity index is 262. The van der Waals surface area contributed by atoms with Crippen molar-refractivity contribution in [1.82, 2.24) is 4.98 Å². The van der Waals surface area contributed by atoms with Crippen LogP contribution in [0.4, 0.5) is 0 Å². The molecule has 0 saturated heterocycles. The maximum Gasteiger partial charge on any atom is 0.218 e. The second kappa shape index (κ2) is 2.51. The van der Waals surface area contributed by atoms with E-state index in [1.807, 2.05) is 12.1 Å². The molecule has 0 fully saturated rings. The summed E-state index contributed by atoms with van der Waals surface area (Å²) in [7, 11) is 0. The first kappa shape index (κ1) is 6.61. The van der Waals surface area contributed by atoms with Crippen molar-refractivity contribution in [3.05, 3.63) is 23.9 Å². The van der Waals surface area contributed by atoms with Crippen LogP contribution < -0.4 is 10.5 Å². The molecule has 1 aliphatic rings. The zero-order chi connectivity index (χ0) is 7.68. The summed E-state index contributed by atoms with van der Waals surface area (Å²) in [5.41, 5.74) is 6.85. The van der Waals surface area contributed by atoms with Crippen LogP contribution in [0.3, 0.4) is 0 Å². The standard InChI is InChI=1S/C8H10N2O/c9-7-3-5-11-8-6(7)2-1-4-10-8/h1-2,4,7H,3,5,9H2/t7-/m0/s1. The van der Waals surface area contributed by atoms with Gasteiger partial charge in [-0.25, -0.2) is 4.98 Å². The minimum absolute atomic E-state index is 0.104. The number of fused-ring (bicyclic) bond motifs is 1. The van der Waals surface area contributed by atoms with Crippen molar-refractivity contribution < 1.29 is 4.74 Å². The summed E-state index contributed by atoms with van der Waals surface area (Å²) in [5, 5.41) is 0. The third-order valence-corrected chi connectivity index (χ3v) is 1.87. The molecule has 1 aromatic heterocycles. The number of aromatic nitrogens is 1. The number of nitrogens with zero attached hydrogens (tertiary/aromatic N) is 1. The van der Waals surface area contributed by atoms with Gasteiger partial charge in [-0.15, -0.1) is 0 Å². The first-order chi connectivity index (χ1) is 5.38. The van der Waals surface area contributed by atoms with Crippen molar-refractivity contribution in [2.75, 3.05) is 6.61 Å². The smallest absolute Gasteiger partial charge is 0.218 e. The van der Waals surface area contributed by atoms with Crippen molar-refractivity contribution in [2.45, 2.75) is 12.5 Å². The van der Waals surface area contributed by atoms with Crippen LogP contribution in [0.1, 0.15) is 18.0 Å². The van der Waals surface area contributed by atoms with Gasteiger partial charge in [0.2, 0.25) is 5.88 Å². The highest BCUT2D eigenvalue weighted by atomic mass is 16.5. The zero-order valence-corrected chi connectivity index (χ0v) is 6.16. The fourth-order valence-electron chi connectivity index (χ4n) is 1.24. The van der Waals surface area contributed by atoms with Crippen molar-refractivity contribution >= 4 is 0 Å². The highest BCUT2D eigenvalue weighted by molar-refractivity contribution is 5.30. The summed E-state index contributed by atoms with van der Waals surface area (Å²) in [6, 6.07) is 3.95. The molecule has 2 N–H and O–H groups in total. The van der Waals surface area contributed by atoms with E-state index in [2.05, 4.69) is 4.98 Å². The van der Waals surface area contributed by atoms with Crippen molar-refractivity contribution in [1.29, 1.82) is 0 Å². The molecule has 0 bridgehead atoms. The van der Waals surface area contributed by atoms with Crippen LogP contribution in [-0.2, 0) is 0 Å². The predicted octanol–water partition coefficient (Wildman–Crippen LogP) is 0.864. The Morgan fingerprint density at radius 2 is 2.55 bits per heavy atom. The molecule has 2 rings (SSSR count). The fraction of sp³-hybridized carbons (Fsp3) is 0.375. The first-order valence-electron chi connectivity index (χ1n) is 3.71. The van der Waals surface area contributed by atoms with Gasteiger partial charge >= 0.3 is 0 Å². The minimum atomic E-state index is 0.104. The number of rotatable bonds is 0. The predicted molar refractivity (Wildman–Crippen MR) is 41.3 cm³/mol. The Balaban J connectivity index is 2.44. The maximum atomic E-state index is 5.83. The first-order valence-corrected chi connectivity index (χ1v) is 3.71. The van der Waals surface area contributed by atoms with Crippen LogP contribution in [0.15, 0.2) is 18.3 Å². The molecule has 1 atom stereocenters. The number of hydrogen-bond acceptors (Lipinski definition) is 3. The van der Waals surface area contributed by atoms with Gasteiger partial charge in [0, 0.05) is 24.2 Å². The van der Waals surface area contributed by atoms with Crippen LogP contribution in [0.25, 0.3) is 0 Å². The Morgan fingerprint density at radius 1 is 1.64 bits per heavy atom. The monoisotopic (exact) mass is 150 g/mol. The molecule has 0 unspecified atom stereocenters. The van der Waals surface area contributed by atoms with Crippen LogP contribution in [0, 0.1) is 0 Å². The van der Waals surface area contributed by atoms with E-state index in [0.717, 1.165) is 12.0 Å². The van der Waals surface area contributed by atoms with Gasteiger partial charge in [-0.2, -0.15) is 0 Å². The van der Waals surface area contributed by atoms with Gasteiger partial charge in [-0.1, -0.05) is 6.07 Å². The topological polar surface area (TPSA) is 48.1 Å². The fourth-order valence-corrected chi connectivity index (χ4v) is 1.24. The van der Waals surface area contributed by atoms with E-state index in [-0.39, 0.29) is 6.04 Å². The van der Waals surface area contributed by atoms with Crippen molar-refractivity contribution in [2.24, 2.45) is 5.73 Å². The molecule has 11 heavy (non-hydrogen) atoms. The van der Waals surface area contributed by atoms with Crippen LogP contribution in [-0.4, -0.2) is 11.6 Å². The summed E-state index contributed by atoms with van der Waals surface area (Å²) < 4.78 is 5.30. The molecule has 2 heterocycles. The van der Waals surface area contributed by atoms with Gasteiger partial charge < -0.3 is 10.5 Å². The normalized spacial score (nSPS) is 22.1. The van der Waals surface area contributed by atoms with E-state index in [9.17, 15) is 0 Å². The lowest BCUT2D eigenvalue weighted by molar-refractivity contribution is 0.257. The summed E-state index contributed by atoms with van der Waals surface area (Å²) in [6.45, 7) is 0.686. The molecule has 3 nitrogen and oxygen atoms in total. The Morgan fingerprint density at radius 3 is 3.36 bits per heavy atom. The molecule has 0 aromatic carbocycles. The van der Waals surface area contributed by atoms with Gasteiger partial charge in [-0.3, -0.25) is 0 Å². The maximum absolute atomic E-state index is 5.83. The molecule has 0 amide bonds. The number of ether oxygens (including phenoxy) is 1. The Kier molecular flexibility index (Phi) is 1.51. The zero-order valence-electron chi connectivity index (χ0n) is 6.16. The molecule has 58 valence electrons. The second-order valence-electron chi connectivity index (χ2n) is 2.64. The molecular weight excluding hydrogens is 140 g/mol. The van der Waals surface area contributed by atoms with Crippen molar-refractivity contribution in [3.63, 3.8) is 0 Å². The largest absolute Gasteiger partial charge is 0.477 e. The van der Waals surface area contributed by atoms with E-state index in [1.54, 1.807) is 6.20 Å². The number of nitrogens with two attached hydrogens (primary N) is 1. The summed E-state index contributed by atoms with van der Waals surface area (Å²) >= 11 is 0. The minimum Gasteiger partial charge on any atom is -0.477 e. The van der Waals surface area contributed by atoms with E-state index >= 15 is 0 Å². The van der Waals surface area contributed by atoms with E-state index in [4.69, 9.17) is 10.5 Å². The molecule has 0 aliphatic carbocycles. The lowest BCUT2D eigenvalue weighted by Crippen LogP contribution is -2.20. The molecule has 1 aromatic rings. The Labute approximate surface area is 65.2 Å². The summed E-state index contributed by atoms with van der Waals surface area (Å²) in [4.78, 5) is 4.07. The molecule has 0 saturated carbocycles. The highest BCUT2D eigenvalue weighted by Crippen LogP contribution is 2.27. The average molecular weight is 150 g/mol. The van der Waals surface area contributed by atoms with E-state index in [1.165, 1.54) is 0 Å². The molecule has 3 heteroatoms. The summed E-state index contributed by atoms with van der Waals surface area (Å²) in [6.07, 6.45) is 2.61. The van der Waals surface area contributed by atoms with Gasteiger partial charge in [0.25, 0.3) is 0 Å². The van der Waals surface area contributed by atoms with Crippen LogP contribution in [0.2, 0.25) is 0 Å². The summed E-state index contributed by atoms with van der Waals surface area (Å²) in [5.74, 6) is 0.700. The average Bonchev–Trinajstić information content (AvgIpc) is 2.06. The molecule has 0 radical (unpaired) electrons. The number of pyridine rings is 1. The van der Waals surface area contributed by atoms with Gasteiger partial charge in [0.05, 0.1) is 6.61 Å². The lowest BCUT2D eigenvalue weighted by Gasteiger charge is -2.20. The van der Waals surface area contributed by atoms with Crippen LogP contribution >= 0.6 is 0 Å². The third kappa shape index (κ3) is 1.07. The van der Waals surface area contributed by atoms with E-state index in [0.29, 0.717) is 12.5 Å². The van der Waals surface area contributed by atoms with Gasteiger partial charge in [0.1, 0.15) is 0 Å². The van der Waals surface area contributed by atoms with Crippen molar-refractivity contribution in [3.8, 4) is 5.88 Å². The van der Waals surface area contributed by atoms with Crippen LogP contribution in [0.5, 0.6) is 5.88 Å². The lowest BCUT2D eigenvalue weighted by atomic mass is 10.1. The molecule has 0 spiro atoms. The third-order valence-electron chi connectivity index (χ3n) is 1.87. The van der Waals surface area contributed by atoms with Gasteiger partial charge in [-0.05, 0) is 6.07 Å². The second-order valence-corrected chi connectivity index (χ2v) is 2.64. The van der Waals surface area contributed by atoms with Gasteiger partial charge in [0.15, 0.2) is 0 Å². The quantitative estimate of drug-likeness (QED) is 0.596. The molecule has 1 aliphatic heterocycles. The number of hydrogen-bond donors (Lipinski definition) is 1. The SMILES string of the molecule is N[C@H]1CCOc2ncccc21. The molecular formula is C8H10N2O.